The van der Waals surface area contributed by atoms with Crippen LogP contribution in [0, 0.1) is 5.82 Å². The van der Waals surface area contributed by atoms with Gasteiger partial charge < -0.3 is 20.5 Å². The van der Waals surface area contributed by atoms with Gasteiger partial charge in [0.2, 0.25) is 0 Å². The number of rotatable bonds is 6. The van der Waals surface area contributed by atoms with Crippen LogP contribution in [0.3, 0.4) is 0 Å². The van der Waals surface area contributed by atoms with E-state index in [1.165, 1.54) is 44.8 Å². The molecule has 5 nitrogen and oxygen atoms in total. The van der Waals surface area contributed by atoms with Crippen molar-refractivity contribution >= 4 is 40.8 Å². The average Bonchev–Trinajstić information content (AvgIpc) is 2.86. The van der Waals surface area contributed by atoms with Crippen LogP contribution < -0.4 is 10.6 Å². The number of fused-ring (bicyclic) bond motifs is 1. The van der Waals surface area contributed by atoms with Gasteiger partial charge in [-0.2, -0.15) is 0 Å². The average molecular weight is 487 g/mol. The summed E-state index contributed by atoms with van der Waals surface area (Å²) in [6.07, 6.45) is 8.14. The molecule has 3 rings (SSSR count). The first-order valence-electron chi connectivity index (χ1n) is 9.68. The molecule has 1 fully saturated rings. The fourth-order valence-electron chi connectivity index (χ4n) is 3.59. The number of aromatic amines is 1. The monoisotopic (exact) mass is 487 g/mol. The van der Waals surface area contributed by atoms with Gasteiger partial charge >= 0.3 is 0 Å². The standard InChI is InChI=1S/C20H30FN5.HI/c1-22-20(24-10-13-26-11-4-2-3-5-12-26)23-9-8-16-15-25-19-7-6-17(21)14-18(16)19;/h6-7,14-15,25H,2-5,8-13H2,1H3,(H2,22,23,24);1H. The molecule has 1 aliphatic rings. The molecule has 0 bridgehead atoms. The zero-order valence-electron chi connectivity index (χ0n) is 16.1. The van der Waals surface area contributed by atoms with Gasteiger partial charge in [-0.05, 0) is 56.1 Å². The van der Waals surface area contributed by atoms with Gasteiger partial charge in [0.05, 0.1) is 0 Å². The minimum Gasteiger partial charge on any atom is -0.361 e. The lowest BCUT2D eigenvalue weighted by Gasteiger charge is -2.20. The van der Waals surface area contributed by atoms with Crippen LogP contribution in [-0.2, 0) is 6.42 Å². The maximum atomic E-state index is 13.5. The zero-order valence-corrected chi connectivity index (χ0v) is 18.4. The van der Waals surface area contributed by atoms with E-state index in [9.17, 15) is 4.39 Å². The minimum absolute atomic E-state index is 0. The third-order valence-corrected chi connectivity index (χ3v) is 5.06. The van der Waals surface area contributed by atoms with Crippen molar-refractivity contribution < 1.29 is 4.39 Å². The normalized spacial score (nSPS) is 16.0. The van der Waals surface area contributed by atoms with E-state index in [4.69, 9.17) is 0 Å². The lowest BCUT2D eigenvalue weighted by atomic mass is 10.1. The fourth-order valence-corrected chi connectivity index (χ4v) is 3.59. The van der Waals surface area contributed by atoms with Crippen LogP contribution in [0.15, 0.2) is 29.4 Å². The second-order valence-electron chi connectivity index (χ2n) is 6.94. The molecule has 27 heavy (non-hydrogen) atoms. The van der Waals surface area contributed by atoms with Crippen LogP contribution in [0.5, 0.6) is 0 Å². The summed E-state index contributed by atoms with van der Waals surface area (Å²) in [5.41, 5.74) is 2.09. The van der Waals surface area contributed by atoms with Gasteiger partial charge in [-0.3, -0.25) is 4.99 Å². The Morgan fingerprint density at radius 1 is 1.15 bits per heavy atom. The van der Waals surface area contributed by atoms with Crippen LogP contribution in [0.1, 0.15) is 31.2 Å². The highest BCUT2D eigenvalue weighted by atomic mass is 127. The van der Waals surface area contributed by atoms with E-state index in [0.717, 1.165) is 48.5 Å². The molecule has 0 aliphatic carbocycles. The second kappa shape index (κ2) is 11.5. The second-order valence-corrected chi connectivity index (χ2v) is 6.94. The van der Waals surface area contributed by atoms with Crippen molar-refractivity contribution in [2.75, 3.05) is 39.8 Å². The number of guanidine groups is 1. The SMILES string of the molecule is CN=C(NCCc1c[nH]c2ccc(F)cc12)NCCN1CCCCCC1.I. The topological polar surface area (TPSA) is 55.5 Å². The molecule has 0 unspecified atom stereocenters. The quantitative estimate of drug-likeness (QED) is 0.332. The molecule has 1 saturated heterocycles. The van der Waals surface area contributed by atoms with Crippen molar-refractivity contribution in [2.45, 2.75) is 32.1 Å². The minimum atomic E-state index is -0.197. The van der Waals surface area contributed by atoms with E-state index in [1.807, 2.05) is 6.20 Å². The molecule has 2 aromatic rings. The number of hydrogen-bond donors (Lipinski definition) is 3. The predicted octanol–water partition coefficient (Wildman–Crippen LogP) is 3.51. The molecule has 7 heteroatoms. The lowest BCUT2D eigenvalue weighted by Crippen LogP contribution is -2.42. The van der Waals surface area contributed by atoms with Crippen molar-refractivity contribution in [3.63, 3.8) is 0 Å². The first-order valence-corrected chi connectivity index (χ1v) is 9.68. The number of halogens is 2. The Labute approximate surface area is 178 Å². The summed E-state index contributed by atoms with van der Waals surface area (Å²) in [6, 6.07) is 4.86. The zero-order chi connectivity index (χ0) is 18.2. The Hall–Kier alpha value is -1.35. The molecule has 1 aromatic heterocycles. The summed E-state index contributed by atoms with van der Waals surface area (Å²) in [4.78, 5) is 10.0. The summed E-state index contributed by atoms with van der Waals surface area (Å²) in [5, 5.41) is 7.70. The summed E-state index contributed by atoms with van der Waals surface area (Å²) in [7, 11) is 1.79. The fraction of sp³-hybridized carbons (Fsp3) is 0.550. The van der Waals surface area contributed by atoms with E-state index in [-0.39, 0.29) is 29.8 Å². The molecule has 0 atom stereocenters. The molecule has 0 saturated carbocycles. The number of likely N-dealkylation sites (tertiary alicyclic amines) is 1. The number of hydrogen-bond acceptors (Lipinski definition) is 2. The molecule has 150 valence electrons. The van der Waals surface area contributed by atoms with E-state index < -0.39 is 0 Å². The van der Waals surface area contributed by atoms with Gasteiger partial charge in [0.15, 0.2) is 5.96 Å². The number of benzene rings is 1. The van der Waals surface area contributed by atoms with Crippen LogP contribution in [0.4, 0.5) is 4.39 Å². The van der Waals surface area contributed by atoms with Crippen molar-refractivity contribution in [2.24, 2.45) is 4.99 Å². The molecule has 3 N–H and O–H groups in total. The Morgan fingerprint density at radius 3 is 2.63 bits per heavy atom. The Balaban J connectivity index is 0.00000261. The molecular weight excluding hydrogens is 456 g/mol. The van der Waals surface area contributed by atoms with Crippen LogP contribution in [-0.4, -0.2) is 55.6 Å². The van der Waals surface area contributed by atoms with E-state index in [1.54, 1.807) is 19.2 Å². The Morgan fingerprint density at radius 2 is 1.89 bits per heavy atom. The third kappa shape index (κ3) is 6.64. The predicted molar refractivity (Wildman–Crippen MR) is 122 cm³/mol. The maximum Gasteiger partial charge on any atom is 0.191 e. The van der Waals surface area contributed by atoms with Crippen LogP contribution in [0.25, 0.3) is 10.9 Å². The number of aliphatic imine (C=N–C) groups is 1. The lowest BCUT2D eigenvalue weighted by molar-refractivity contribution is 0.289. The summed E-state index contributed by atoms with van der Waals surface area (Å²) in [5.74, 6) is 0.628. The Bertz CT molecular complexity index is 722. The summed E-state index contributed by atoms with van der Waals surface area (Å²) in [6.45, 7) is 5.14. The first-order chi connectivity index (χ1) is 12.8. The van der Waals surface area contributed by atoms with Crippen molar-refractivity contribution in [3.8, 4) is 0 Å². The number of nitrogens with one attached hydrogen (secondary N) is 3. The van der Waals surface area contributed by atoms with Crippen LogP contribution in [0.2, 0.25) is 0 Å². The van der Waals surface area contributed by atoms with Gasteiger partial charge in [0.25, 0.3) is 0 Å². The number of aromatic nitrogens is 1. The Kier molecular flexibility index (Phi) is 9.33. The number of nitrogens with zero attached hydrogens (tertiary/aromatic N) is 2. The van der Waals surface area contributed by atoms with E-state index in [0.29, 0.717) is 0 Å². The van der Waals surface area contributed by atoms with Gasteiger partial charge in [0.1, 0.15) is 5.82 Å². The number of H-pyrrole nitrogens is 1. The summed E-state index contributed by atoms with van der Waals surface area (Å²) < 4.78 is 13.5. The van der Waals surface area contributed by atoms with Gasteiger partial charge in [-0.15, -0.1) is 24.0 Å². The van der Waals surface area contributed by atoms with E-state index in [2.05, 4.69) is 25.5 Å². The molecule has 1 aliphatic heterocycles. The van der Waals surface area contributed by atoms with Gasteiger partial charge in [0, 0.05) is 43.8 Å². The highest BCUT2D eigenvalue weighted by Crippen LogP contribution is 2.19. The smallest absolute Gasteiger partial charge is 0.191 e. The molecular formula is C20H31FIN5. The van der Waals surface area contributed by atoms with Gasteiger partial charge in [-0.1, -0.05) is 12.8 Å². The molecule has 2 heterocycles. The van der Waals surface area contributed by atoms with E-state index >= 15 is 0 Å². The molecule has 0 amide bonds. The van der Waals surface area contributed by atoms with Crippen molar-refractivity contribution in [1.29, 1.82) is 0 Å². The van der Waals surface area contributed by atoms with Gasteiger partial charge in [-0.25, -0.2) is 4.39 Å². The largest absolute Gasteiger partial charge is 0.361 e. The molecule has 1 aromatic carbocycles. The molecule has 0 radical (unpaired) electrons. The molecule has 0 spiro atoms. The first kappa shape index (κ1) is 21.9. The van der Waals surface area contributed by atoms with Crippen molar-refractivity contribution in [3.05, 3.63) is 35.8 Å². The highest BCUT2D eigenvalue weighted by molar-refractivity contribution is 14.0. The highest BCUT2D eigenvalue weighted by Gasteiger charge is 2.09. The van der Waals surface area contributed by atoms with Crippen LogP contribution >= 0.6 is 24.0 Å². The summed E-state index contributed by atoms with van der Waals surface area (Å²) >= 11 is 0. The third-order valence-electron chi connectivity index (χ3n) is 5.06. The van der Waals surface area contributed by atoms with Crippen molar-refractivity contribution in [1.82, 2.24) is 20.5 Å². The maximum absolute atomic E-state index is 13.5.